The van der Waals surface area contributed by atoms with E-state index in [0.717, 1.165) is 6.61 Å². The molecular weight excluding hydrogens is 212 g/mol. The van der Waals surface area contributed by atoms with Gasteiger partial charge in [-0.2, -0.15) is 0 Å². The summed E-state index contributed by atoms with van der Waals surface area (Å²) in [5.41, 5.74) is 0. The van der Waals surface area contributed by atoms with Crippen molar-refractivity contribution in [3.05, 3.63) is 0 Å². The van der Waals surface area contributed by atoms with Crippen LogP contribution < -0.4 is 0 Å². The molecule has 98 valence electrons. The monoisotopic (exact) mass is 244 g/mol. The van der Waals surface area contributed by atoms with Crippen LogP contribution >= 0.6 is 0 Å². The SMILES string of the molecule is CCCCCO[Si](CCC)(CCC)CCC. The van der Waals surface area contributed by atoms with Crippen LogP contribution in [0.5, 0.6) is 0 Å². The van der Waals surface area contributed by atoms with E-state index in [9.17, 15) is 0 Å². The van der Waals surface area contributed by atoms with E-state index < -0.39 is 8.32 Å². The molecule has 0 aliphatic heterocycles. The summed E-state index contributed by atoms with van der Waals surface area (Å²) in [4.78, 5) is 0. The van der Waals surface area contributed by atoms with Crippen molar-refractivity contribution in [3.8, 4) is 0 Å². The van der Waals surface area contributed by atoms with Gasteiger partial charge in [-0.05, 0) is 24.6 Å². The lowest BCUT2D eigenvalue weighted by Crippen LogP contribution is -2.38. The van der Waals surface area contributed by atoms with E-state index in [1.165, 1.54) is 56.7 Å². The third-order valence-corrected chi connectivity index (χ3v) is 8.32. The third kappa shape index (κ3) is 6.69. The maximum atomic E-state index is 6.39. The van der Waals surface area contributed by atoms with Crippen LogP contribution in [0.1, 0.15) is 66.2 Å². The zero-order valence-corrected chi connectivity index (χ0v) is 13.0. The summed E-state index contributed by atoms with van der Waals surface area (Å²) in [6.07, 6.45) is 7.81. The molecule has 0 bridgehead atoms. The van der Waals surface area contributed by atoms with Crippen molar-refractivity contribution < 1.29 is 4.43 Å². The molecule has 16 heavy (non-hydrogen) atoms. The van der Waals surface area contributed by atoms with Gasteiger partial charge in [-0.25, -0.2) is 0 Å². The Kier molecular flexibility index (Phi) is 10.5. The summed E-state index contributed by atoms with van der Waals surface area (Å²) in [5, 5.41) is 0. The summed E-state index contributed by atoms with van der Waals surface area (Å²) in [6.45, 7) is 10.2. The Labute approximate surface area is 104 Å². The molecule has 0 aromatic rings. The van der Waals surface area contributed by atoms with E-state index in [2.05, 4.69) is 27.7 Å². The maximum absolute atomic E-state index is 6.39. The van der Waals surface area contributed by atoms with Gasteiger partial charge in [0.1, 0.15) is 0 Å². The first kappa shape index (κ1) is 16.2. The van der Waals surface area contributed by atoms with Crippen molar-refractivity contribution in [2.75, 3.05) is 6.61 Å². The first-order valence-electron chi connectivity index (χ1n) is 7.38. The minimum absolute atomic E-state index is 1.03. The fourth-order valence-electron chi connectivity index (χ4n) is 2.60. The zero-order chi connectivity index (χ0) is 12.3. The fraction of sp³-hybridized carbons (Fsp3) is 1.00. The van der Waals surface area contributed by atoms with Crippen molar-refractivity contribution in [2.24, 2.45) is 0 Å². The Balaban J connectivity index is 4.12. The van der Waals surface area contributed by atoms with Gasteiger partial charge in [-0.15, -0.1) is 0 Å². The molecule has 1 nitrogen and oxygen atoms in total. The first-order valence-corrected chi connectivity index (χ1v) is 9.91. The Morgan fingerprint density at radius 3 is 1.56 bits per heavy atom. The zero-order valence-electron chi connectivity index (χ0n) is 12.0. The molecule has 0 aromatic heterocycles. The van der Waals surface area contributed by atoms with Crippen LogP contribution in [0.2, 0.25) is 18.1 Å². The molecule has 0 atom stereocenters. The Hall–Kier alpha value is 0.177. The second-order valence-electron chi connectivity index (χ2n) is 4.99. The van der Waals surface area contributed by atoms with Gasteiger partial charge >= 0.3 is 0 Å². The molecule has 0 N–H and O–H groups in total. The lowest BCUT2D eigenvalue weighted by Gasteiger charge is -2.31. The summed E-state index contributed by atoms with van der Waals surface area (Å²) < 4.78 is 6.39. The molecule has 0 saturated carbocycles. The van der Waals surface area contributed by atoms with Crippen molar-refractivity contribution in [2.45, 2.75) is 84.4 Å². The number of hydrogen-bond acceptors (Lipinski definition) is 1. The average molecular weight is 244 g/mol. The Morgan fingerprint density at radius 2 is 1.19 bits per heavy atom. The molecule has 0 aliphatic rings. The molecule has 0 aliphatic carbocycles. The van der Waals surface area contributed by atoms with Gasteiger partial charge < -0.3 is 4.43 Å². The molecule has 0 unspecified atom stereocenters. The predicted molar refractivity (Wildman–Crippen MR) is 76.5 cm³/mol. The van der Waals surface area contributed by atoms with Crippen LogP contribution in [-0.2, 0) is 4.43 Å². The lowest BCUT2D eigenvalue weighted by atomic mass is 10.3. The van der Waals surface area contributed by atoms with Crippen molar-refractivity contribution in [1.82, 2.24) is 0 Å². The Morgan fingerprint density at radius 1 is 0.688 bits per heavy atom. The highest BCUT2D eigenvalue weighted by molar-refractivity contribution is 6.73. The minimum atomic E-state index is -1.35. The normalized spacial score (nSPS) is 12.0. The molecule has 0 spiro atoms. The average Bonchev–Trinajstić information content (AvgIpc) is 2.26. The summed E-state index contributed by atoms with van der Waals surface area (Å²) in [7, 11) is -1.35. The molecule has 0 fully saturated rings. The van der Waals surface area contributed by atoms with E-state index in [1.54, 1.807) is 0 Å². The van der Waals surface area contributed by atoms with E-state index in [4.69, 9.17) is 4.43 Å². The largest absolute Gasteiger partial charge is 0.417 e. The van der Waals surface area contributed by atoms with Gasteiger partial charge in [0.2, 0.25) is 0 Å². The highest BCUT2D eigenvalue weighted by atomic mass is 28.4. The van der Waals surface area contributed by atoms with Gasteiger partial charge in [0.25, 0.3) is 0 Å². The quantitative estimate of drug-likeness (QED) is 0.351. The van der Waals surface area contributed by atoms with Crippen LogP contribution in [0, 0.1) is 0 Å². The molecule has 0 amide bonds. The van der Waals surface area contributed by atoms with Gasteiger partial charge in [0, 0.05) is 6.61 Å². The maximum Gasteiger partial charge on any atom is 0.192 e. The molecule has 2 heteroatoms. The van der Waals surface area contributed by atoms with Gasteiger partial charge in [0.05, 0.1) is 0 Å². The minimum Gasteiger partial charge on any atom is -0.417 e. The first-order chi connectivity index (χ1) is 7.74. The molecule has 0 radical (unpaired) electrons. The van der Waals surface area contributed by atoms with Crippen molar-refractivity contribution in [1.29, 1.82) is 0 Å². The molecular formula is C14H32OSi. The molecule has 0 aromatic carbocycles. The smallest absolute Gasteiger partial charge is 0.192 e. The van der Waals surface area contributed by atoms with Gasteiger partial charge in [0.15, 0.2) is 8.32 Å². The standard InChI is InChI=1S/C14H32OSi/c1-5-9-10-11-15-16(12-6-2,13-7-3)14-8-4/h5-14H2,1-4H3. The predicted octanol–water partition coefficient (Wildman–Crippen LogP) is 5.37. The molecule has 0 rings (SSSR count). The van der Waals surface area contributed by atoms with Crippen LogP contribution in [0.3, 0.4) is 0 Å². The molecule has 0 saturated heterocycles. The van der Waals surface area contributed by atoms with Gasteiger partial charge in [-0.3, -0.25) is 0 Å². The third-order valence-electron chi connectivity index (χ3n) is 3.27. The highest BCUT2D eigenvalue weighted by Crippen LogP contribution is 2.27. The number of unbranched alkanes of at least 4 members (excludes halogenated alkanes) is 2. The Bertz CT molecular complexity index is 131. The van der Waals surface area contributed by atoms with Crippen LogP contribution in [-0.4, -0.2) is 14.9 Å². The number of rotatable bonds is 11. The van der Waals surface area contributed by atoms with Gasteiger partial charge in [-0.1, -0.05) is 59.8 Å². The second kappa shape index (κ2) is 10.3. The lowest BCUT2D eigenvalue weighted by molar-refractivity contribution is 0.285. The second-order valence-corrected chi connectivity index (χ2v) is 9.14. The topological polar surface area (TPSA) is 9.23 Å². The summed E-state index contributed by atoms with van der Waals surface area (Å²) >= 11 is 0. The summed E-state index contributed by atoms with van der Waals surface area (Å²) in [6, 6.07) is 4.13. The highest BCUT2D eigenvalue weighted by Gasteiger charge is 2.31. The molecule has 0 heterocycles. The van der Waals surface area contributed by atoms with Crippen LogP contribution in [0.4, 0.5) is 0 Å². The fourth-order valence-corrected chi connectivity index (χ4v) is 7.09. The van der Waals surface area contributed by atoms with Crippen molar-refractivity contribution >= 4 is 8.32 Å². The van der Waals surface area contributed by atoms with E-state index in [-0.39, 0.29) is 0 Å². The number of hydrogen-bond donors (Lipinski definition) is 0. The van der Waals surface area contributed by atoms with Crippen LogP contribution in [0.25, 0.3) is 0 Å². The van der Waals surface area contributed by atoms with Crippen LogP contribution in [0.15, 0.2) is 0 Å². The van der Waals surface area contributed by atoms with E-state index in [1.807, 2.05) is 0 Å². The van der Waals surface area contributed by atoms with Crippen molar-refractivity contribution in [3.63, 3.8) is 0 Å². The summed E-state index contributed by atoms with van der Waals surface area (Å²) in [5.74, 6) is 0. The van der Waals surface area contributed by atoms with E-state index >= 15 is 0 Å². The van der Waals surface area contributed by atoms with E-state index in [0.29, 0.717) is 0 Å².